The van der Waals surface area contributed by atoms with Crippen molar-refractivity contribution in [3.8, 4) is 0 Å². The van der Waals surface area contributed by atoms with Crippen molar-refractivity contribution in [3.05, 3.63) is 59.9 Å². The Hall–Kier alpha value is -2.32. The summed E-state index contributed by atoms with van der Waals surface area (Å²) in [6.07, 6.45) is 0. The highest BCUT2D eigenvalue weighted by Gasteiger charge is 2.26. The van der Waals surface area contributed by atoms with Crippen LogP contribution in [0.15, 0.2) is 47.4 Å². The second-order valence-corrected chi connectivity index (χ2v) is 7.61. The topological polar surface area (TPSA) is 55.2 Å². The summed E-state index contributed by atoms with van der Waals surface area (Å²) in [6, 6.07) is 9.90. The lowest BCUT2D eigenvalue weighted by Crippen LogP contribution is -2.28. The van der Waals surface area contributed by atoms with E-state index in [1.807, 2.05) is 35.8 Å². The minimum atomic E-state index is -4.11. The number of halogens is 2. The van der Waals surface area contributed by atoms with Crippen LogP contribution in [0.1, 0.15) is 12.7 Å². The van der Waals surface area contributed by atoms with Gasteiger partial charge in [-0.25, -0.2) is 22.2 Å². The number of aryl methyl sites for hydroxylation is 1. The zero-order valence-corrected chi connectivity index (χ0v) is 14.6. The van der Waals surface area contributed by atoms with Gasteiger partial charge in [-0.2, -0.15) is 4.31 Å². The Morgan fingerprint density at radius 2 is 1.88 bits per heavy atom. The summed E-state index contributed by atoms with van der Waals surface area (Å²) in [6.45, 7) is 2.53. The lowest BCUT2D eigenvalue weighted by molar-refractivity contribution is 0.442. The maximum Gasteiger partial charge on any atom is 0.246 e. The van der Waals surface area contributed by atoms with Crippen molar-refractivity contribution in [1.29, 1.82) is 0 Å². The number of aromatic nitrogens is 2. The number of imidazole rings is 1. The lowest BCUT2D eigenvalue weighted by Gasteiger charge is -2.18. The fourth-order valence-electron chi connectivity index (χ4n) is 2.74. The smallest absolute Gasteiger partial charge is 0.246 e. The molecule has 0 saturated carbocycles. The van der Waals surface area contributed by atoms with E-state index in [1.54, 1.807) is 0 Å². The Morgan fingerprint density at radius 1 is 1.16 bits per heavy atom. The summed E-state index contributed by atoms with van der Waals surface area (Å²) >= 11 is 0. The molecule has 0 fully saturated rings. The number of benzene rings is 2. The molecule has 0 aliphatic heterocycles. The third-order valence-electron chi connectivity index (χ3n) is 4.00. The molecule has 0 unspecified atom stereocenters. The van der Waals surface area contributed by atoms with Crippen LogP contribution in [0.3, 0.4) is 0 Å². The third kappa shape index (κ3) is 3.14. The van der Waals surface area contributed by atoms with Gasteiger partial charge in [0.1, 0.15) is 22.4 Å². The molecular formula is C17H17F2N3O2S. The highest BCUT2D eigenvalue weighted by atomic mass is 32.2. The number of hydrogen-bond acceptors (Lipinski definition) is 3. The lowest BCUT2D eigenvalue weighted by atomic mass is 10.3. The van der Waals surface area contributed by atoms with Crippen molar-refractivity contribution < 1.29 is 17.2 Å². The van der Waals surface area contributed by atoms with Crippen LogP contribution >= 0.6 is 0 Å². The molecule has 8 heteroatoms. The van der Waals surface area contributed by atoms with Crippen LogP contribution in [0.25, 0.3) is 11.0 Å². The van der Waals surface area contributed by atoms with Gasteiger partial charge in [0.15, 0.2) is 0 Å². The number of sulfonamides is 1. The summed E-state index contributed by atoms with van der Waals surface area (Å²) in [5.74, 6) is -1.39. The first kappa shape index (κ1) is 17.5. The summed E-state index contributed by atoms with van der Waals surface area (Å²) in [5.41, 5.74) is 1.66. The van der Waals surface area contributed by atoms with E-state index in [-0.39, 0.29) is 6.54 Å². The Bertz CT molecular complexity index is 1030. The van der Waals surface area contributed by atoms with Crippen LogP contribution in [-0.4, -0.2) is 29.3 Å². The van der Waals surface area contributed by atoms with E-state index in [4.69, 9.17) is 0 Å². The fourth-order valence-corrected chi connectivity index (χ4v) is 3.90. The molecule has 0 saturated heterocycles. The van der Waals surface area contributed by atoms with Crippen molar-refractivity contribution in [2.24, 2.45) is 0 Å². The molecular weight excluding hydrogens is 348 g/mol. The fraction of sp³-hybridized carbons (Fsp3) is 0.235. The Morgan fingerprint density at radius 3 is 2.56 bits per heavy atom. The predicted octanol–water partition coefficient (Wildman–Crippen LogP) is 3.16. The first-order chi connectivity index (χ1) is 11.8. The first-order valence-corrected chi connectivity index (χ1v) is 9.14. The van der Waals surface area contributed by atoms with Gasteiger partial charge in [0.05, 0.1) is 17.6 Å². The highest BCUT2D eigenvalue weighted by molar-refractivity contribution is 7.89. The molecule has 0 spiro atoms. The number of rotatable bonds is 5. The van der Waals surface area contributed by atoms with Crippen LogP contribution in [0.5, 0.6) is 0 Å². The summed E-state index contributed by atoms with van der Waals surface area (Å²) < 4.78 is 55.1. The van der Waals surface area contributed by atoms with Gasteiger partial charge < -0.3 is 4.57 Å². The van der Waals surface area contributed by atoms with Crippen LogP contribution in [-0.2, 0) is 23.1 Å². The molecule has 5 nitrogen and oxygen atoms in total. The van der Waals surface area contributed by atoms with Crippen molar-refractivity contribution in [2.45, 2.75) is 24.9 Å². The van der Waals surface area contributed by atoms with Crippen LogP contribution in [0.4, 0.5) is 8.78 Å². The summed E-state index contributed by atoms with van der Waals surface area (Å²) in [4.78, 5) is 3.91. The molecule has 0 atom stereocenters. The molecule has 0 radical (unpaired) electrons. The average Bonchev–Trinajstić information content (AvgIpc) is 2.91. The molecule has 25 heavy (non-hydrogen) atoms. The normalized spacial score (nSPS) is 12.2. The van der Waals surface area contributed by atoms with Gasteiger partial charge in [-0.3, -0.25) is 0 Å². The first-order valence-electron chi connectivity index (χ1n) is 7.70. The summed E-state index contributed by atoms with van der Waals surface area (Å²) in [7, 11) is -2.76. The van der Waals surface area contributed by atoms with Crippen molar-refractivity contribution in [3.63, 3.8) is 0 Å². The number of hydrogen-bond donors (Lipinski definition) is 0. The standard InChI is InChI=1S/C17H17F2N3O2S/c1-3-22-15-7-5-4-6-14(15)20-17(22)11-21(2)25(23,24)16-9-8-12(18)10-13(16)19/h4-10H,3,11H2,1-2H3. The van der Waals surface area contributed by atoms with Gasteiger partial charge in [0.2, 0.25) is 10.0 Å². The average molecular weight is 365 g/mol. The minimum absolute atomic E-state index is 0.0261. The second kappa shape index (κ2) is 6.53. The van der Waals surface area contributed by atoms with Gasteiger partial charge >= 0.3 is 0 Å². The van der Waals surface area contributed by atoms with E-state index < -0.39 is 26.6 Å². The zero-order valence-electron chi connectivity index (χ0n) is 13.8. The molecule has 0 aliphatic rings. The van der Waals surface area contributed by atoms with Crippen LogP contribution in [0.2, 0.25) is 0 Å². The van der Waals surface area contributed by atoms with E-state index in [0.29, 0.717) is 18.4 Å². The Kier molecular flexibility index (Phi) is 4.57. The predicted molar refractivity (Wildman–Crippen MR) is 90.4 cm³/mol. The molecule has 2 aromatic carbocycles. The van der Waals surface area contributed by atoms with Crippen molar-refractivity contribution in [2.75, 3.05) is 7.05 Å². The highest BCUT2D eigenvalue weighted by Crippen LogP contribution is 2.22. The summed E-state index contributed by atoms with van der Waals surface area (Å²) in [5, 5.41) is 0. The van der Waals surface area contributed by atoms with Crippen molar-refractivity contribution in [1.82, 2.24) is 13.9 Å². The molecule has 132 valence electrons. The third-order valence-corrected chi connectivity index (χ3v) is 5.83. The van der Waals surface area contributed by atoms with Gasteiger partial charge in [-0.15, -0.1) is 0 Å². The Labute approximate surface area is 144 Å². The van der Waals surface area contributed by atoms with Gasteiger partial charge in [0, 0.05) is 19.7 Å². The largest absolute Gasteiger partial charge is 0.327 e. The number of para-hydroxylation sites is 2. The Balaban J connectivity index is 1.98. The molecule has 1 aromatic heterocycles. The van der Waals surface area contributed by atoms with Gasteiger partial charge in [-0.1, -0.05) is 12.1 Å². The number of nitrogens with zero attached hydrogens (tertiary/aromatic N) is 3. The quantitative estimate of drug-likeness (QED) is 0.698. The molecule has 0 bridgehead atoms. The maximum absolute atomic E-state index is 13.9. The van der Waals surface area contributed by atoms with Crippen LogP contribution < -0.4 is 0 Å². The van der Waals surface area contributed by atoms with E-state index in [2.05, 4.69) is 4.98 Å². The molecule has 1 heterocycles. The van der Waals surface area contributed by atoms with Gasteiger partial charge in [0.25, 0.3) is 0 Å². The SMILES string of the molecule is CCn1c(CN(C)S(=O)(=O)c2ccc(F)cc2F)nc2ccccc21. The van der Waals surface area contributed by atoms with E-state index in [1.165, 1.54) is 7.05 Å². The van der Waals surface area contributed by atoms with E-state index in [9.17, 15) is 17.2 Å². The monoisotopic (exact) mass is 365 g/mol. The van der Waals surface area contributed by atoms with Crippen molar-refractivity contribution >= 4 is 21.1 Å². The van der Waals surface area contributed by atoms with Crippen LogP contribution in [0, 0.1) is 11.6 Å². The number of fused-ring (bicyclic) bond motifs is 1. The van der Waals surface area contributed by atoms with Gasteiger partial charge in [-0.05, 0) is 31.2 Å². The minimum Gasteiger partial charge on any atom is -0.327 e. The molecule has 0 N–H and O–H groups in total. The molecule has 3 rings (SSSR count). The second-order valence-electron chi connectivity index (χ2n) is 5.60. The maximum atomic E-state index is 13.9. The molecule has 0 aliphatic carbocycles. The van der Waals surface area contributed by atoms with E-state index >= 15 is 0 Å². The molecule has 3 aromatic rings. The zero-order chi connectivity index (χ0) is 18.2. The molecule has 0 amide bonds. The van der Waals surface area contributed by atoms with E-state index in [0.717, 1.165) is 27.5 Å².